The van der Waals surface area contributed by atoms with Gasteiger partial charge >= 0.3 is 5.97 Å². The van der Waals surface area contributed by atoms with Crippen LogP contribution in [0.5, 0.6) is 0 Å². The lowest BCUT2D eigenvalue weighted by atomic mass is 10.1. The van der Waals surface area contributed by atoms with Gasteiger partial charge < -0.3 is 15.0 Å². The van der Waals surface area contributed by atoms with E-state index in [4.69, 9.17) is 5.11 Å². The summed E-state index contributed by atoms with van der Waals surface area (Å²) in [6.45, 7) is 0.535. The number of rotatable bonds is 3. The van der Waals surface area contributed by atoms with Crippen LogP contribution in [0.15, 0.2) is 23.0 Å². The quantitative estimate of drug-likeness (QED) is 0.815. The third kappa shape index (κ3) is 2.58. The van der Waals surface area contributed by atoms with Gasteiger partial charge in [0.05, 0.1) is 6.42 Å². The lowest BCUT2D eigenvalue weighted by molar-refractivity contribution is -0.137. The number of carboxylic acids is 1. The molecule has 0 aliphatic carbocycles. The zero-order chi connectivity index (χ0) is 13.1. The number of aromatic nitrogens is 1. The first-order chi connectivity index (χ1) is 8.58. The van der Waals surface area contributed by atoms with Crippen LogP contribution < -0.4 is 5.56 Å². The summed E-state index contributed by atoms with van der Waals surface area (Å²) in [7, 11) is 0. The second kappa shape index (κ2) is 5.03. The van der Waals surface area contributed by atoms with Crippen molar-refractivity contribution < 1.29 is 14.7 Å². The molecule has 18 heavy (non-hydrogen) atoms. The fraction of sp³-hybridized carbons (Fsp3) is 0.417. The molecule has 2 heterocycles. The first-order valence-electron chi connectivity index (χ1n) is 5.80. The predicted molar refractivity (Wildman–Crippen MR) is 63.4 cm³/mol. The summed E-state index contributed by atoms with van der Waals surface area (Å²) in [5.74, 6) is -1.22. The van der Waals surface area contributed by atoms with Crippen LogP contribution in [0.4, 0.5) is 0 Å². The van der Waals surface area contributed by atoms with E-state index >= 15 is 0 Å². The fourth-order valence-corrected chi connectivity index (χ4v) is 2.24. The van der Waals surface area contributed by atoms with Crippen LogP contribution in [0.3, 0.4) is 0 Å². The molecule has 6 nitrogen and oxygen atoms in total. The molecule has 0 spiro atoms. The predicted octanol–water partition coefficient (Wildman–Crippen LogP) is 0.454. The molecule has 1 atom stereocenters. The lowest BCUT2D eigenvalue weighted by Crippen LogP contribution is -2.37. The summed E-state index contributed by atoms with van der Waals surface area (Å²) in [6, 6.07) is 4.09. The van der Waals surface area contributed by atoms with E-state index in [1.807, 2.05) is 0 Å². The lowest BCUT2D eigenvalue weighted by Gasteiger charge is -2.23. The number of hydrogen-bond donors (Lipinski definition) is 2. The highest BCUT2D eigenvalue weighted by Gasteiger charge is 2.31. The van der Waals surface area contributed by atoms with Gasteiger partial charge in [0.15, 0.2) is 0 Å². The van der Waals surface area contributed by atoms with Crippen molar-refractivity contribution in [3.05, 3.63) is 34.2 Å². The van der Waals surface area contributed by atoms with Gasteiger partial charge in [-0.3, -0.25) is 14.4 Å². The Bertz CT molecular complexity index is 523. The number of aromatic amines is 1. The maximum atomic E-state index is 12.2. The summed E-state index contributed by atoms with van der Waals surface area (Å²) >= 11 is 0. The highest BCUT2D eigenvalue weighted by atomic mass is 16.4. The molecule has 1 saturated heterocycles. The van der Waals surface area contributed by atoms with Gasteiger partial charge in [-0.15, -0.1) is 0 Å². The molecule has 1 aromatic rings. The molecule has 1 aliphatic heterocycles. The molecule has 1 fully saturated rings. The summed E-state index contributed by atoms with van der Waals surface area (Å²) in [4.78, 5) is 38.0. The third-order valence-electron chi connectivity index (χ3n) is 3.05. The smallest absolute Gasteiger partial charge is 0.305 e. The molecule has 0 aromatic carbocycles. The van der Waals surface area contributed by atoms with Crippen molar-refractivity contribution in [1.29, 1.82) is 0 Å². The number of carboxylic acid groups (broad SMARTS) is 1. The van der Waals surface area contributed by atoms with Gasteiger partial charge in [0.1, 0.15) is 5.69 Å². The minimum atomic E-state index is -0.916. The number of aliphatic carboxylic acids is 1. The maximum absolute atomic E-state index is 12.2. The molecule has 1 aromatic heterocycles. The molecule has 2 N–H and O–H groups in total. The largest absolute Gasteiger partial charge is 0.481 e. The Labute approximate surface area is 103 Å². The maximum Gasteiger partial charge on any atom is 0.305 e. The van der Waals surface area contributed by atoms with E-state index in [1.165, 1.54) is 23.1 Å². The molecule has 0 radical (unpaired) electrons. The Morgan fingerprint density at radius 1 is 1.44 bits per heavy atom. The fourth-order valence-electron chi connectivity index (χ4n) is 2.24. The third-order valence-corrected chi connectivity index (χ3v) is 3.05. The number of carbonyl (C=O) groups excluding carboxylic acids is 1. The Kier molecular flexibility index (Phi) is 3.45. The molecule has 0 bridgehead atoms. The van der Waals surface area contributed by atoms with E-state index in [-0.39, 0.29) is 29.6 Å². The van der Waals surface area contributed by atoms with Gasteiger partial charge in [-0.1, -0.05) is 6.07 Å². The molecule has 1 aliphatic rings. The van der Waals surface area contributed by atoms with E-state index in [0.29, 0.717) is 13.0 Å². The summed E-state index contributed by atoms with van der Waals surface area (Å²) < 4.78 is 0. The van der Waals surface area contributed by atoms with Crippen molar-refractivity contribution in [2.24, 2.45) is 0 Å². The zero-order valence-corrected chi connectivity index (χ0v) is 9.76. The van der Waals surface area contributed by atoms with Gasteiger partial charge in [0.2, 0.25) is 5.56 Å². The van der Waals surface area contributed by atoms with E-state index in [0.717, 1.165) is 6.42 Å². The van der Waals surface area contributed by atoms with Gasteiger partial charge in [0.25, 0.3) is 5.91 Å². The number of carbonyl (C=O) groups is 2. The number of nitrogens with one attached hydrogen (secondary N) is 1. The first kappa shape index (κ1) is 12.3. The number of hydrogen-bond acceptors (Lipinski definition) is 3. The highest BCUT2D eigenvalue weighted by Crippen LogP contribution is 2.21. The number of pyridine rings is 1. The van der Waals surface area contributed by atoms with Crippen molar-refractivity contribution in [3.8, 4) is 0 Å². The number of likely N-dealkylation sites (tertiary alicyclic amines) is 1. The van der Waals surface area contributed by atoms with Crippen molar-refractivity contribution in [3.63, 3.8) is 0 Å². The molecule has 1 amide bonds. The van der Waals surface area contributed by atoms with E-state index in [1.54, 1.807) is 0 Å². The molecule has 1 unspecified atom stereocenters. The van der Waals surface area contributed by atoms with E-state index < -0.39 is 5.97 Å². The van der Waals surface area contributed by atoms with Gasteiger partial charge in [-0.25, -0.2) is 0 Å². The molecular formula is C12H14N2O4. The summed E-state index contributed by atoms with van der Waals surface area (Å²) in [5.41, 5.74) is -0.130. The van der Waals surface area contributed by atoms with Crippen LogP contribution in [-0.2, 0) is 4.79 Å². The topological polar surface area (TPSA) is 90.5 Å². The zero-order valence-electron chi connectivity index (χ0n) is 9.76. The van der Waals surface area contributed by atoms with E-state index in [9.17, 15) is 14.4 Å². The standard InChI is InChI=1S/C12H14N2O4/c15-10-5-1-4-9(13-10)12(18)14-6-2-3-8(14)7-11(16)17/h1,4-5,8H,2-3,6-7H2,(H,13,15)(H,16,17). The van der Waals surface area contributed by atoms with Gasteiger partial charge in [-0.2, -0.15) is 0 Å². The van der Waals surface area contributed by atoms with Crippen molar-refractivity contribution >= 4 is 11.9 Å². The highest BCUT2D eigenvalue weighted by molar-refractivity contribution is 5.92. The molecule has 0 saturated carbocycles. The van der Waals surface area contributed by atoms with Crippen LogP contribution in [0.25, 0.3) is 0 Å². The Balaban J connectivity index is 2.17. The van der Waals surface area contributed by atoms with Crippen LogP contribution in [0.1, 0.15) is 29.8 Å². The Morgan fingerprint density at radius 3 is 2.89 bits per heavy atom. The molecule has 2 rings (SSSR count). The molecule has 6 heteroatoms. The van der Waals surface area contributed by atoms with Gasteiger partial charge in [-0.05, 0) is 18.9 Å². The minimum absolute atomic E-state index is 0.0528. The van der Waals surface area contributed by atoms with Crippen LogP contribution in [0.2, 0.25) is 0 Å². The van der Waals surface area contributed by atoms with Crippen LogP contribution in [0, 0.1) is 0 Å². The minimum Gasteiger partial charge on any atom is -0.481 e. The average molecular weight is 250 g/mol. The van der Waals surface area contributed by atoms with Crippen LogP contribution in [-0.4, -0.2) is 39.5 Å². The number of nitrogens with zero attached hydrogens (tertiary/aromatic N) is 1. The second-order valence-electron chi connectivity index (χ2n) is 4.32. The number of amides is 1. The average Bonchev–Trinajstić information content (AvgIpc) is 2.75. The molecular weight excluding hydrogens is 236 g/mol. The van der Waals surface area contributed by atoms with Crippen LogP contribution >= 0.6 is 0 Å². The second-order valence-corrected chi connectivity index (χ2v) is 4.32. The summed E-state index contributed by atoms with van der Waals surface area (Å²) in [6.07, 6.45) is 1.43. The molecule has 96 valence electrons. The Hall–Kier alpha value is -2.11. The number of H-pyrrole nitrogens is 1. The first-order valence-corrected chi connectivity index (χ1v) is 5.80. The van der Waals surface area contributed by atoms with Crippen molar-refractivity contribution in [1.82, 2.24) is 9.88 Å². The SMILES string of the molecule is O=C(O)CC1CCCN1C(=O)c1cccc(=O)[nH]1. The normalized spacial score (nSPS) is 18.9. The van der Waals surface area contributed by atoms with E-state index in [2.05, 4.69) is 4.98 Å². The van der Waals surface area contributed by atoms with Crippen molar-refractivity contribution in [2.45, 2.75) is 25.3 Å². The monoisotopic (exact) mass is 250 g/mol. The van der Waals surface area contributed by atoms with Gasteiger partial charge in [0, 0.05) is 18.7 Å². The Morgan fingerprint density at radius 2 is 2.22 bits per heavy atom. The summed E-state index contributed by atoms with van der Waals surface area (Å²) in [5, 5.41) is 8.79. The van der Waals surface area contributed by atoms with Crippen molar-refractivity contribution in [2.75, 3.05) is 6.54 Å².